The Bertz CT molecular complexity index is 390. The van der Waals surface area contributed by atoms with E-state index < -0.39 is 0 Å². The maximum atomic E-state index is 10.1. The number of β-amino-alcohol motifs (C(OH)–C–C–N with tert-alkyl or cyclic N) is 1. The number of aliphatic hydroxyl groups is 1. The summed E-state index contributed by atoms with van der Waals surface area (Å²) in [5, 5.41) is 13.4. The van der Waals surface area contributed by atoms with Gasteiger partial charge in [-0.3, -0.25) is 0 Å². The summed E-state index contributed by atoms with van der Waals surface area (Å²) in [5.74, 6) is 0.864. The molecule has 3 nitrogen and oxygen atoms in total. The van der Waals surface area contributed by atoms with Gasteiger partial charge in [-0.2, -0.15) is 0 Å². The molecular formula is C13H20Cl2N2O. The molecular weight excluding hydrogens is 271 g/mol. The minimum atomic E-state index is -0.244. The lowest BCUT2D eigenvalue weighted by atomic mass is 9.95. The zero-order valence-corrected chi connectivity index (χ0v) is 11.7. The van der Waals surface area contributed by atoms with Crippen molar-refractivity contribution in [3.63, 3.8) is 0 Å². The fraction of sp³-hybridized carbons (Fsp3) is 0.538. The van der Waals surface area contributed by atoms with Crippen LogP contribution < -0.4 is 11.1 Å². The van der Waals surface area contributed by atoms with Gasteiger partial charge in [0.05, 0.1) is 6.10 Å². The topological polar surface area (TPSA) is 58.3 Å². The molecule has 2 fully saturated rings. The van der Waals surface area contributed by atoms with Crippen LogP contribution in [0.25, 0.3) is 0 Å². The molecule has 18 heavy (non-hydrogen) atoms. The van der Waals surface area contributed by atoms with Crippen molar-refractivity contribution in [1.29, 1.82) is 0 Å². The van der Waals surface area contributed by atoms with Crippen LogP contribution in [0.2, 0.25) is 0 Å². The molecule has 0 bridgehead atoms. The largest absolute Gasteiger partial charge is 0.391 e. The first-order valence-electron chi connectivity index (χ1n) is 5.94. The van der Waals surface area contributed by atoms with Crippen molar-refractivity contribution in [1.82, 2.24) is 5.32 Å². The predicted octanol–water partition coefficient (Wildman–Crippen LogP) is 1.15. The Morgan fingerprint density at radius 3 is 2.44 bits per heavy atom. The molecule has 0 aromatic heterocycles. The number of hydrogen-bond acceptors (Lipinski definition) is 3. The van der Waals surface area contributed by atoms with Crippen LogP contribution >= 0.6 is 24.8 Å². The quantitative estimate of drug-likeness (QED) is 0.766. The molecule has 1 aliphatic carbocycles. The van der Waals surface area contributed by atoms with Crippen molar-refractivity contribution in [2.45, 2.75) is 12.0 Å². The first kappa shape index (κ1) is 15.7. The third kappa shape index (κ3) is 2.04. The van der Waals surface area contributed by atoms with E-state index in [2.05, 4.69) is 29.6 Å². The van der Waals surface area contributed by atoms with Crippen LogP contribution in [0.1, 0.15) is 11.5 Å². The van der Waals surface area contributed by atoms with Crippen LogP contribution in [-0.4, -0.2) is 30.8 Å². The Labute approximate surface area is 120 Å². The SMILES string of the molecule is Cl.Cl.NC[C@@H]1[C@@H](c2ccccc2)[C@]12CNC[C@@H]2O. The Hall–Kier alpha value is -0.320. The summed E-state index contributed by atoms with van der Waals surface area (Å²) in [4.78, 5) is 0. The van der Waals surface area contributed by atoms with Gasteiger partial charge >= 0.3 is 0 Å². The lowest BCUT2D eigenvalue weighted by Gasteiger charge is -2.14. The second-order valence-electron chi connectivity index (χ2n) is 4.99. The van der Waals surface area contributed by atoms with Crippen LogP contribution in [0.15, 0.2) is 30.3 Å². The number of rotatable bonds is 2. The molecule has 5 heteroatoms. The van der Waals surface area contributed by atoms with Gasteiger partial charge in [-0.05, 0) is 23.9 Å². The Kier molecular flexibility index (Phi) is 5.04. The summed E-state index contributed by atoms with van der Waals surface area (Å²) in [6.07, 6.45) is -0.244. The van der Waals surface area contributed by atoms with Gasteiger partial charge in [-0.15, -0.1) is 24.8 Å². The summed E-state index contributed by atoms with van der Waals surface area (Å²) in [6, 6.07) is 10.4. The zero-order chi connectivity index (χ0) is 11.2. The van der Waals surface area contributed by atoms with Gasteiger partial charge in [-0.1, -0.05) is 30.3 Å². The van der Waals surface area contributed by atoms with Gasteiger partial charge in [0, 0.05) is 18.5 Å². The molecule has 0 amide bonds. The second-order valence-corrected chi connectivity index (χ2v) is 4.99. The van der Waals surface area contributed by atoms with Crippen LogP contribution in [0.4, 0.5) is 0 Å². The summed E-state index contributed by atoms with van der Waals surface area (Å²) in [7, 11) is 0. The van der Waals surface area contributed by atoms with E-state index in [0.717, 1.165) is 6.54 Å². The standard InChI is InChI=1S/C13H18N2O.2ClH/c14-6-10-12(9-4-2-1-3-5-9)13(10)8-15-7-11(13)16;;/h1-5,10-12,15-16H,6-8,14H2;2*1H/t10-,11+,12-,13-;;/m1../s1. The molecule has 1 spiro atoms. The smallest absolute Gasteiger partial charge is 0.0742 e. The fourth-order valence-corrected chi connectivity index (χ4v) is 3.53. The molecule has 4 atom stereocenters. The molecule has 1 aliphatic heterocycles. The number of halogens is 2. The Morgan fingerprint density at radius 2 is 1.94 bits per heavy atom. The zero-order valence-electron chi connectivity index (χ0n) is 10.1. The third-order valence-corrected chi connectivity index (χ3v) is 4.36. The van der Waals surface area contributed by atoms with Crippen molar-refractivity contribution in [3.8, 4) is 0 Å². The maximum Gasteiger partial charge on any atom is 0.0742 e. The van der Waals surface area contributed by atoms with Gasteiger partial charge in [-0.25, -0.2) is 0 Å². The van der Waals surface area contributed by atoms with E-state index in [9.17, 15) is 5.11 Å². The molecule has 1 saturated carbocycles. The molecule has 1 heterocycles. The summed E-state index contributed by atoms with van der Waals surface area (Å²) in [6.45, 7) is 2.27. The number of nitrogens with one attached hydrogen (secondary N) is 1. The molecule has 2 aliphatic rings. The average Bonchev–Trinajstić information content (AvgIpc) is 2.84. The molecule has 1 aromatic carbocycles. The van der Waals surface area contributed by atoms with E-state index in [1.165, 1.54) is 5.56 Å². The van der Waals surface area contributed by atoms with E-state index in [1.54, 1.807) is 0 Å². The molecule has 3 rings (SSSR count). The fourth-order valence-electron chi connectivity index (χ4n) is 3.53. The maximum absolute atomic E-state index is 10.1. The first-order chi connectivity index (χ1) is 7.80. The van der Waals surface area contributed by atoms with Gasteiger partial charge < -0.3 is 16.2 Å². The highest BCUT2D eigenvalue weighted by atomic mass is 35.5. The van der Waals surface area contributed by atoms with Gasteiger partial charge in [0.25, 0.3) is 0 Å². The normalized spacial score (nSPS) is 36.9. The number of hydrogen-bond donors (Lipinski definition) is 3. The van der Waals surface area contributed by atoms with Gasteiger partial charge in [0.2, 0.25) is 0 Å². The Balaban J connectivity index is 0.000000810. The molecule has 0 radical (unpaired) electrons. The van der Waals surface area contributed by atoms with Crippen molar-refractivity contribution in [2.75, 3.05) is 19.6 Å². The van der Waals surface area contributed by atoms with E-state index >= 15 is 0 Å². The van der Waals surface area contributed by atoms with E-state index in [1.807, 2.05) is 6.07 Å². The minimum absolute atomic E-state index is 0. The van der Waals surface area contributed by atoms with Crippen LogP contribution in [0.3, 0.4) is 0 Å². The molecule has 4 N–H and O–H groups in total. The van der Waals surface area contributed by atoms with E-state index in [4.69, 9.17) is 5.73 Å². The van der Waals surface area contributed by atoms with Crippen LogP contribution in [0, 0.1) is 11.3 Å². The highest BCUT2D eigenvalue weighted by molar-refractivity contribution is 5.85. The molecule has 1 aromatic rings. The van der Waals surface area contributed by atoms with Gasteiger partial charge in [0.1, 0.15) is 0 Å². The summed E-state index contributed by atoms with van der Waals surface area (Å²) in [5.41, 5.74) is 7.17. The van der Waals surface area contributed by atoms with Crippen molar-refractivity contribution in [2.24, 2.45) is 17.1 Å². The monoisotopic (exact) mass is 290 g/mol. The van der Waals surface area contributed by atoms with Crippen LogP contribution in [0.5, 0.6) is 0 Å². The summed E-state index contributed by atoms with van der Waals surface area (Å²) >= 11 is 0. The van der Waals surface area contributed by atoms with Crippen molar-refractivity contribution < 1.29 is 5.11 Å². The number of benzene rings is 1. The van der Waals surface area contributed by atoms with Crippen LogP contribution in [-0.2, 0) is 0 Å². The second kappa shape index (κ2) is 5.76. The minimum Gasteiger partial charge on any atom is -0.391 e. The molecule has 102 valence electrons. The first-order valence-corrected chi connectivity index (χ1v) is 5.94. The van der Waals surface area contributed by atoms with Crippen molar-refractivity contribution in [3.05, 3.63) is 35.9 Å². The van der Waals surface area contributed by atoms with Crippen molar-refractivity contribution >= 4 is 24.8 Å². The van der Waals surface area contributed by atoms with E-state index in [0.29, 0.717) is 24.9 Å². The number of aliphatic hydroxyl groups excluding tert-OH is 1. The number of nitrogens with two attached hydrogens (primary N) is 1. The molecule has 1 saturated heterocycles. The third-order valence-electron chi connectivity index (χ3n) is 4.36. The lowest BCUT2D eigenvalue weighted by Crippen LogP contribution is -2.24. The summed E-state index contributed by atoms with van der Waals surface area (Å²) < 4.78 is 0. The molecule has 0 unspecified atom stereocenters. The lowest BCUT2D eigenvalue weighted by molar-refractivity contribution is 0.124. The average molecular weight is 291 g/mol. The highest BCUT2D eigenvalue weighted by Gasteiger charge is 2.69. The highest BCUT2D eigenvalue weighted by Crippen LogP contribution is 2.67. The van der Waals surface area contributed by atoms with E-state index in [-0.39, 0.29) is 36.3 Å². The predicted molar refractivity (Wildman–Crippen MR) is 77.5 cm³/mol. The Morgan fingerprint density at radius 1 is 1.28 bits per heavy atom. The van der Waals surface area contributed by atoms with Gasteiger partial charge in [0.15, 0.2) is 0 Å².